The van der Waals surface area contributed by atoms with Gasteiger partial charge in [-0.25, -0.2) is 13.4 Å². The average molecular weight is 406 g/mol. The first kappa shape index (κ1) is 17.2. The number of anilines is 2. The van der Waals surface area contributed by atoms with Crippen LogP contribution in [0.5, 0.6) is 0 Å². The standard InChI is InChI=1S/C17H15N3O3S3/c21-16(20-9-3-6-12-5-1-2-7-14(12)20)13-11-25-17(18-13)19-26(22,23)15-8-4-10-24-15/h1-2,4-5,7-8,10-11H,3,6,9H2,(H,18,19). The molecule has 4 rings (SSSR count). The summed E-state index contributed by atoms with van der Waals surface area (Å²) in [6.07, 6.45) is 1.84. The van der Waals surface area contributed by atoms with Crippen LogP contribution in [0.4, 0.5) is 10.8 Å². The molecule has 134 valence electrons. The predicted octanol–water partition coefficient (Wildman–Crippen LogP) is 3.60. The van der Waals surface area contributed by atoms with Gasteiger partial charge in [-0.05, 0) is 35.9 Å². The van der Waals surface area contributed by atoms with Crippen LogP contribution in [0.15, 0.2) is 51.4 Å². The van der Waals surface area contributed by atoms with Crippen LogP contribution in [0.2, 0.25) is 0 Å². The molecular formula is C17H15N3O3S3. The van der Waals surface area contributed by atoms with E-state index in [1.807, 2.05) is 24.3 Å². The van der Waals surface area contributed by atoms with Crippen molar-refractivity contribution in [1.29, 1.82) is 0 Å². The Morgan fingerprint density at radius 1 is 1.15 bits per heavy atom. The molecule has 1 aliphatic heterocycles. The molecule has 6 nitrogen and oxygen atoms in total. The third-order valence-electron chi connectivity index (χ3n) is 4.06. The zero-order valence-electron chi connectivity index (χ0n) is 13.6. The summed E-state index contributed by atoms with van der Waals surface area (Å²) >= 11 is 2.23. The Morgan fingerprint density at radius 2 is 2.00 bits per heavy atom. The highest BCUT2D eigenvalue weighted by molar-refractivity contribution is 7.94. The number of amides is 1. The van der Waals surface area contributed by atoms with Crippen LogP contribution in [0, 0.1) is 0 Å². The van der Waals surface area contributed by atoms with Crippen molar-refractivity contribution in [2.45, 2.75) is 17.1 Å². The van der Waals surface area contributed by atoms with E-state index in [-0.39, 0.29) is 20.9 Å². The quantitative estimate of drug-likeness (QED) is 0.719. The summed E-state index contributed by atoms with van der Waals surface area (Å²) in [5.74, 6) is -0.213. The lowest BCUT2D eigenvalue weighted by Crippen LogP contribution is -2.35. The van der Waals surface area contributed by atoms with E-state index in [1.54, 1.807) is 21.7 Å². The number of carbonyl (C=O) groups is 1. The van der Waals surface area contributed by atoms with Crippen molar-refractivity contribution in [3.63, 3.8) is 0 Å². The summed E-state index contributed by atoms with van der Waals surface area (Å²) < 4.78 is 27.2. The van der Waals surface area contributed by atoms with Gasteiger partial charge in [-0.15, -0.1) is 22.7 Å². The summed E-state index contributed by atoms with van der Waals surface area (Å²) in [4.78, 5) is 18.8. The van der Waals surface area contributed by atoms with E-state index in [0.29, 0.717) is 6.54 Å². The van der Waals surface area contributed by atoms with Crippen molar-refractivity contribution in [1.82, 2.24) is 4.98 Å². The maximum atomic E-state index is 12.9. The number of fused-ring (bicyclic) bond motifs is 1. The lowest BCUT2D eigenvalue weighted by molar-refractivity contribution is 0.0981. The Balaban J connectivity index is 1.56. The number of rotatable bonds is 4. The van der Waals surface area contributed by atoms with E-state index in [2.05, 4.69) is 9.71 Å². The van der Waals surface area contributed by atoms with Crippen LogP contribution in [0.25, 0.3) is 0 Å². The lowest BCUT2D eigenvalue weighted by atomic mass is 10.0. The number of nitrogens with one attached hydrogen (secondary N) is 1. The number of nitrogens with zero attached hydrogens (tertiary/aromatic N) is 2. The number of aromatic nitrogens is 1. The molecule has 0 atom stereocenters. The number of benzene rings is 1. The van der Waals surface area contributed by atoms with Gasteiger partial charge in [0.05, 0.1) is 0 Å². The highest BCUT2D eigenvalue weighted by Gasteiger charge is 2.26. The highest BCUT2D eigenvalue weighted by atomic mass is 32.2. The van der Waals surface area contributed by atoms with Crippen molar-refractivity contribution < 1.29 is 13.2 Å². The van der Waals surface area contributed by atoms with Gasteiger partial charge in [-0.1, -0.05) is 24.3 Å². The minimum atomic E-state index is -3.66. The van der Waals surface area contributed by atoms with Crippen molar-refractivity contribution in [3.8, 4) is 0 Å². The normalized spacial score (nSPS) is 14.1. The van der Waals surface area contributed by atoms with Crippen molar-refractivity contribution in [3.05, 3.63) is 58.4 Å². The largest absolute Gasteiger partial charge is 0.307 e. The molecule has 3 heterocycles. The van der Waals surface area contributed by atoms with Crippen molar-refractivity contribution in [2.75, 3.05) is 16.2 Å². The maximum absolute atomic E-state index is 12.9. The Kier molecular flexibility index (Phi) is 4.51. The van der Waals surface area contributed by atoms with E-state index in [4.69, 9.17) is 0 Å². The summed E-state index contributed by atoms with van der Waals surface area (Å²) in [6, 6.07) is 11.0. The van der Waals surface area contributed by atoms with Gasteiger partial charge in [0.15, 0.2) is 5.13 Å². The number of sulfonamides is 1. The third-order valence-corrected chi connectivity index (χ3v) is 7.68. The number of carbonyl (C=O) groups excluding carboxylic acids is 1. The number of para-hydroxylation sites is 1. The molecule has 0 fully saturated rings. The van der Waals surface area contributed by atoms with Gasteiger partial charge in [0.25, 0.3) is 15.9 Å². The molecule has 1 amide bonds. The SMILES string of the molecule is O=C(c1csc(NS(=O)(=O)c2cccs2)n1)N1CCCc2ccccc21. The zero-order valence-corrected chi connectivity index (χ0v) is 16.0. The first-order chi connectivity index (χ1) is 12.5. The minimum Gasteiger partial charge on any atom is -0.307 e. The van der Waals surface area contributed by atoms with Crippen LogP contribution in [0.1, 0.15) is 22.5 Å². The molecule has 0 saturated heterocycles. The molecule has 0 aliphatic carbocycles. The number of thiazole rings is 1. The molecule has 0 spiro atoms. The highest BCUT2D eigenvalue weighted by Crippen LogP contribution is 2.29. The Hall–Kier alpha value is -2.23. The molecule has 0 unspecified atom stereocenters. The summed E-state index contributed by atoms with van der Waals surface area (Å²) in [7, 11) is -3.66. The van der Waals surface area contributed by atoms with Gasteiger partial charge >= 0.3 is 0 Å². The molecular weight excluding hydrogens is 390 g/mol. The lowest BCUT2D eigenvalue weighted by Gasteiger charge is -2.28. The van der Waals surface area contributed by atoms with Gasteiger partial charge in [-0.3, -0.25) is 9.52 Å². The Labute approximate surface area is 159 Å². The fraction of sp³-hybridized carbons (Fsp3) is 0.176. The minimum absolute atomic E-state index is 0.187. The Bertz CT molecular complexity index is 1040. The Morgan fingerprint density at radius 3 is 2.81 bits per heavy atom. The second-order valence-corrected chi connectivity index (χ2v) is 9.48. The molecule has 0 bridgehead atoms. The van der Waals surface area contributed by atoms with Crippen LogP contribution in [-0.2, 0) is 16.4 Å². The van der Waals surface area contributed by atoms with Crippen LogP contribution < -0.4 is 9.62 Å². The van der Waals surface area contributed by atoms with Crippen LogP contribution >= 0.6 is 22.7 Å². The van der Waals surface area contributed by atoms with Crippen LogP contribution in [0.3, 0.4) is 0 Å². The first-order valence-electron chi connectivity index (χ1n) is 7.96. The third kappa shape index (κ3) is 3.25. The van der Waals surface area contributed by atoms with Gasteiger partial charge in [-0.2, -0.15) is 0 Å². The van der Waals surface area contributed by atoms with E-state index in [9.17, 15) is 13.2 Å². The maximum Gasteiger partial charge on any atom is 0.277 e. The van der Waals surface area contributed by atoms with Crippen molar-refractivity contribution in [2.24, 2.45) is 0 Å². The van der Waals surface area contributed by atoms with Gasteiger partial charge in [0.1, 0.15) is 9.90 Å². The second kappa shape index (κ2) is 6.82. The molecule has 1 aromatic carbocycles. The average Bonchev–Trinajstić information content (AvgIpc) is 3.32. The van der Waals surface area contributed by atoms with E-state index in [0.717, 1.165) is 46.8 Å². The van der Waals surface area contributed by atoms with Gasteiger partial charge < -0.3 is 4.90 Å². The molecule has 26 heavy (non-hydrogen) atoms. The van der Waals surface area contributed by atoms with Crippen LogP contribution in [-0.4, -0.2) is 25.9 Å². The molecule has 0 radical (unpaired) electrons. The fourth-order valence-corrected chi connectivity index (χ4v) is 5.81. The topological polar surface area (TPSA) is 79.4 Å². The monoisotopic (exact) mass is 405 g/mol. The number of hydrogen-bond acceptors (Lipinski definition) is 6. The number of hydrogen-bond donors (Lipinski definition) is 1. The van der Waals surface area contributed by atoms with E-state index in [1.165, 1.54) is 6.07 Å². The van der Waals surface area contributed by atoms with E-state index < -0.39 is 10.0 Å². The zero-order chi connectivity index (χ0) is 18.1. The smallest absolute Gasteiger partial charge is 0.277 e. The summed E-state index contributed by atoms with van der Waals surface area (Å²) in [5.41, 5.74) is 2.29. The van der Waals surface area contributed by atoms with Gasteiger partial charge in [0, 0.05) is 17.6 Å². The van der Waals surface area contributed by atoms with E-state index >= 15 is 0 Å². The fourth-order valence-electron chi connectivity index (χ4n) is 2.88. The number of thiophene rings is 1. The van der Waals surface area contributed by atoms with Crippen molar-refractivity contribution >= 4 is 49.4 Å². The molecule has 0 saturated carbocycles. The molecule has 3 aromatic rings. The molecule has 2 aromatic heterocycles. The molecule has 1 N–H and O–H groups in total. The summed E-state index contributed by atoms with van der Waals surface area (Å²) in [6.45, 7) is 0.629. The number of aryl methyl sites for hydroxylation is 1. The first-order valence-corrected chi connectivity index (χ1v) is 11.2. The summed E-state index contributed by atoms with van der Waals surface area (Å²) in [5, 5.41) is 3.47. The molecule has 9 heteroatoms. The van der Waals surface area contributed by atoms with Gasteiger partial charge in [0.2, 0.25) is 0 Å². The second-order valence-electron chi connectivity index (χ2n) is 5.76. The predicted molar refractivity (Wildman–Crippen MR) is 104 cm³/mol. The molecule has 1 aliphatic rings.